The van der Waals surface area contributed by atoms with Crippen molar-refractivity contribution < 1.29 is 19.5 Å². The van der Waals surface area contributed by atoms with Crippen LogP contribution < -0.4 is 10.6 Å². The second-order valence-electron chi connectivity index (χ2n) is 6.95. The van der Waals surface area contributed by atoms with E-state index in [0.29, 0.717) is 6.54 Å². The number of benzene rings is 1. The lowest BCUT2D eigenvalue weighted by Crippen LogP contribution is -2.42. The number of carbonyl (C=O) groups excluding carboxylic acids is 2. The van der Waals surface area contributed by atoms with Crippen LogP contribution in [0.1, 0.15) is 30.7 Å². The quantitative estimate of drug-likeness (QED) is 0.690. The fourth-order valence-electron chi connectivity index (χ4n) is 3.78. The number of amides is 2. The Labute approximate surface area is 152 Å². The second-order valence-corrected chi connectivity index (χ2v) is 6.95. The highest BCUT2D eigenvalue weighted by Crippen LogP contribution is 2.33. The predicted molar refractivity (Wildman–Crippen MR) is 95.5 cm³/mol. The summed E-state index contributed by atoms with van der Waals surface area (Å²) < 4.78 is 0. The standard InChI is InChI=1S/C19H25N3O4/c23-17(8-10-21-18(24)16-7-4-9-20-16)22-11-14(15(12-22)19(25)26)13-5-2-1-3-6-13/h1-3,5-6,14-16,20H,4,7-12H2,(H,21,24)(H,25,26)/t14-,15+,16?/m0/s1. The molecule has 3 rings (SSSR count). The Morgan fingerprint density at radius 2 is 1.96 bits per heavy atom. The number of likely N-dealkylation sites (tertiary alicyclic amines) is 1. The molecule has 140 valence electrons. The van der Waals surface area contributed by atoms with Gasteiger partial charge in [-0.25, -0.2) is 0 Å². The lowest BCUT2D eigenvalue weighted by molar-refractivity contribution is -0.141. The van der Waals surface area contributed by atoms with E-state index >= 15 is 0 Å². The van der Waals surface area contributed by atoms with Crippen molar-refractivity contribution in [1.82, 2.24) is 15.5 Å². The molecule has 3 N–H and O–H groups in total. The minimum atomic E-state index is -0.880. The normalized spacial score (nSPS) is 25.2. The van der Waals surface area contributed by atoms with Gasteiger partial charge in [0.1, 0.15) is 0 Å². The molecule has 0 aliphatic carbocycles. The molecular formula is C19H25N3O4. The number of hydrogen-bond acceptors (Lipinski definition) is 4. The molecule has 7 heteroatoms. The molecule has 0 bridgehead atoms. The van der Waals surface area contributed by atoms with Crippen LogP contribution >= 0.6 is 0 Å². The van der Waals surface area contributed by atoms with Gasteiger partial charge in [-0.15, -0.1) is 0 Å². The summed E-state index contributed by atoms with van der Waals surface area (Å²) in [6.45, 7) is 1.74. The van der Waals surface area contributed by atoms with E-state index in [4.69, 9.17) is 0 Å². The predicted octanol–water partition coefficient (Wildman–Crippen LogP) is 0.572. The first-order valence-corrected chi connectivity index (χ1v) is 9.13. The fourth-order valence-corrected chi connectivity index (χ4v) is 3.78. The number of carbonyl (C=O) groups is 3. The van der Waals surface area contributed by atoms with Crippen LogP contribution in [-0.2, 0) is 14.4 Å². The highest BCUT2D eigenvalue weighted by Gasteiger charge is 2.40. The van der Waals surface area contributed by atoms with Crippen molar-refractivity contribution in [3.05, 3.63) is 35.9 Å². The van der Waals surface area contributed by atoms with Crippen molar-refractivity contribution in [2.45, 2.75) is 31.2 Å². The minimum absolute atomic E-state index is 0.0673. The maximum atomic E-state index is 12.5. The van der Waals surface area contributed by atoms with Crippen LogP contribution in [-0.4, -0.2) is 60.0 Å². The van der Waals surface area contributed by atoms with Crippen molar-refractivity contribution in [2.24, 2.45) is 5.92 Å². The summed E-state index contributed by atoms with van der Waals surface area (Å²) in [7, 11) is 0. The maximum Gasteiger partial charge on any atom is 0.308 e. The van der Waals surface area contributed by atoms with Crippen LogP contribution in [0.5, 0.6) is 0 Å². The summed E-state index contributed by atoms with van der Waals surface area (Å²) in [6, 6.07) is 9.30. The first-order chi connectivity index (χ1) is 12.6. The number of nitrogens with one attached hydrogen (secondary N) is 2. The average Bonchev–Trinajstić information content (AvgIpc) is 3.32. The minimum Gasteiger partial charge on any atom is -0.481 e. The number of hydrogen-bond donors (Lipinski definition) is 3. The van der Waals surface area contributed by atoms with Gasteiger partial charge in [0.15, 0.2) is 0 Å². The molecule has 7 nitrogen and oxygen atoms in total. The molecule has 1 aromatic rings. The average molecular weight is 359 g/mol. The maximum absolute atomic E-state index is 12.5. The topological polar surface area (TPSA) is 98.7 Å². The first-order valence-electron chi connectivity index (χ1n) is 9.13. The van der Waals surface area contributed by atoms with Crippen molar-refractivity contribution in [3.8, 4) is 0 Å². The molecule has 3 atom stereocenters. The van der Waals surface area contributed by atoms with Crippen LogP contribution in [0.4, 0.5) is 0 Å². The molecule has 0 aromatic heterocycles. The van der Waals surface area contributed by atoms with Crippen molar-refractivity contribution in [3.63, 3.8) is 0 Å². The van der Waals surface area contributed by atoms with Gasteiger partial charge in [-0.05, 0) is 24.9 Å². The van der Waals surface area contributed by atoms with Gasteiger partial charge in [0.05, 0.1) is 12.0 Å². The van der Waals surface area contributed by atoms with Gasteiger partial charge in [0.2, 0.25) is 11.8 Å². The Bertz CT molecular complexity index is 658. The van der Waals surface area contributed by atoms with Gasteiger partial charge in [0, 0.05) is 32.0 Å². The molecule has 26 heavy (non-hydrogen) atoms. The zero-order valence-electron chi connectivity index (χ0n) is 14.7. The van der Waals surface area contributed by atoms with Crippen molar-refractivity contribution in [2.75, 3.05) is 26.2 Å². The van der Waals surface area contributed by atoms with Crippen LogP contribution in [0.3, 0.4) is 0 Å². The summed E-state index contributed by atoms with van der Waals surface area (Å²) in [5.74, 6) is -1.86. The molecular weight excluding hydrogens is 334 g/mol. The number of rotatable bonds is 6. The number of carboxylic acid groups (broad SMARTS) is 1. The molecule has 2 saturated heterocycles. The Kier molecular flexibility index (Phi) is 5.88. The third kappa shape index (κ3) is 4.22. The molecule has 1 unspecified atom stereocenters. The number of aliphatic carboxylic acids is 1. The monoisotopic (exact) mass is 359 g/mol. The third-order valence-electron chi connectivity index (χ3n) is 5.23. The summed E-state index contributed by atoms with van der Waals surface area (Å²) in [6.07, 6.45) is 2.00. The largest absolute Gasteiger partial charge is 0.481 e. The van der Waals surface area contributed by atoms with E-state index in [0.717, 1.165) is 24.9 Å². The highest BCUT2D eigenvalue weighted by molar-refractivity contribution is 5.83. The van der Waals surface area contributed by atoms with E-state index in [1.165, 1.54) is 0 Å². The summed E-state index contributed by atoms with van der Waals surface area (Å²) in [5, 5.41) is 15.4. The van der Waals surface area contributed by atoms with E-state index in [-0.39, 0.29) is 43.3 Å². The Balaban J connectivity index is 1.53. The molecule has 1 aromatic carbocycles. The zero-order chi connectivity index (χ0) is 18.5. The molecule has 0 spiro atoms. The van der Waals surface area contributed by atoms with Crippen LogP contribution in [0.15, 0.2) is 30.3 Å². The highest BCUT2D eigenvalue weighted by atomic mass is 16.4. The van der Waals surface area contributed by atoms with Crippen LogP contribution in [0.2, 0.25) is 0 Å². The molecule has 0 saturated carbocycles. The van der Waals surface area contributed by atoms with Gasteiger partial charge >= 0.3 is 5.97 Å². The molecule has 2 heterocycles. The fraction of sp³-hybridized carbons (Fsp3) is 0.526. The van der Waals surface area contributed by atoms with Crippen LogP contribution in [0.25, 0.3) is 0 Å². The summed E-state index contributed by atoms with van der Waals surface area (Å²) >= 11 is 0. The zero-order valence-corrected chi connectivity index (χ0v) is 14.7. The van der Waals surface area contributed by atoms with Gasteiger partial charge < -0.3 is 20.6 Å². The molecule has 0 radical (unpaired) electrons. The van der Waals surface area contributed by atoms with E-state index in [2.05, 4.69) is 10.6 Å². The number of carboxylic acids is 1. The first kappa shape index (κ1) is 18.4. The van der Waals surface area contributed by atoms with E-state index in [1.54, 1.807) is 4.90 Å². The Hall–Kier alpha value is -2.41. The van der Waals surface area contributed by atoms with Gasteiger partial charge in [-0.2, -0.15) is 0 Å². The molecule has 2 aliphatic heterocycles. The molecule has 2 fully saturated rings. The van der Waals surface area contributed by atoms with Crippen molar-refractivity contribution in [1.29, 1.82) is 0 Å². The van der Waals surface area contributed by atoms with E-state index in [9.17, 15) is 19.5 Å². The molecule has 2 aliphatic rings. The smallest absolute Gasteiger partial charge is 0.308 e. The van der Waals surface area contributed by atoms with E-state index in [1.807, 2.05) is 30.3 Å². The van der Waals surface area contributed by atoms with Crippen LogP contribution in [0, 0.1) is 5.92 Å². The number of nitrogens with zero attached hydrogens (tertiary/aromatic N) is 1. The Morgan fingerprint density at radius 3 is 2.62 bits per heavy atom. The lowest BCUT2D eigenvalue weighted by Gasteiger charge is -2.17. The van der Waals surface area contributed by atoms with Gasteiger partial charge in [-0.3, -0.25) is 14.4 Å². The van der Waals surface area contributed by atoms with Gasteiger partial charge in [0.25, 0.3) is 0 Å². The third-order valence-corrected chi connectivity index (χ3v) is 5.23. The van der Waals surface area contributed by atoms with E-state index < -0.39 is 11.9 Å². The van der Waals surface area contributed by atoms with Gasteiger partial charge in [-0.1, -0.05) is 30.3 Å². The summed E-state index contributed by atoms with van der Waals surface area (Å²) in [4.78, 5) is 37.6. The second kappa shape index (κ2) is 8.31. The molecule has 2 amide bonds. The SMILES string of the molecule is O=C(NCCC(=O)N1C[C@@H](C(=O)O)[C@H](c2ccccc2)C1)C1CCCN1. The lowest BCUT2D eigenvalue weighted by atomic mass is 9.89. The summed E-state index contributed by atoms with van der Waals surface area (Å²) in [5.41, 5.74) is 0.941. The van der Waals surface area contributed by atoms with Crippen molar-refractivity contribution >= 4 is 17.8 Å². The Morgan fingerprint density at radius 1 is 1.19 bits per heavy atom.